The smallest absolute Gasteiger partial charge is 0.0715 e. The van der Waals surface area contributed by atoms with Gasteiger partial charge in [0.05, 0.1) is 12.7 Å². The van der Waals surface area contributed by atoms with Crippen molar-refractivity contribution in [1.82, 2.24) is 5.32 Å². The number of hydrogen-bond acceptors (Lipinski definition) is 3. The van der Waals surface area contributed by atoms with E-state index in [2.05, 4.69) is 5.32 Å². The predicted octanol–water partition coefficient (Wildman–Crippen LogP) is 0.167. The second kappa shape index (κ2) is 5.77. The zero-order chi connectivity index (χ0) is 7.40. The highest BCUT2D eigenvalue weighted by atomic mass is 35.5. The molecule has 1 rings (SSSR count). The fourth-order valence-corrected chi connectivity index (χ4v) is 1.28. The molecule has 2 atom stereocenters. The van der Waals surface area contributed by atoms with Gasteiger partial charge in [-0.2, -0.15) is 0 Å². The topological polar surface area (TPSA) is 41.5 Å². The highest BCUT2D eigenvalue weighted by Gasteiger charge is 2.22. The molecule has 1 aliphatic heterocycles. The third kappa shape index (κ3) is 3.38. The largest absolute Gasteiger partial charge is 0.395 e. The van der Waals surface area contributed by atoms with Gasteiger partial charge in [0.1, 0.15) is 0 Å². The standard InChI is InChI=1S/C7H15NO2.ClH/c1-2-10-7-3-6(5-9)8-4-7;/h6-9H,2-5H2,1H3;1H/t6-,7-;/m1./s1. The number of ether oxygens (including phenoxy) is 1. The molecule has 0 radical (unpaired) electrons. The molecular weight excluding hydrogens is 166 g/mol. The van der Waals surface area contributed by atoms with Crippen LogP contribution in [0.4, 0.5) is 0 Å². The number of aliphatic hydroxyl groups is 1. The minimum absolute atomic E-state index is 0. The first-order valence-corrected chi connectivity index (χ1v) is 3.82. The lowest BCUT2D eigenvalue weighted by Crippen LogP contribution is -2.24. The van der Waals surface area contributed by atoms with E-state index in [1.165, 1.54) is 0 Å². The van der Waals surface area contributed by atoms with E-state index in [0.29, 0.717) is 6.10 Å². The predicted molar refractivity (Wildman–Crippen MR) is 46.2 cm³/mol. The number of hydrogen-bond donors (Lipinski definition) is 2. The summed E-state index contributed by atoms with van der Waals surface area (Å²) in [5, 5.41) is 11.9. The molecule has 1 heterocycles. The van der Waals surface area contributed by atoms with Gasteiger partial charge in [-0.3, -0.25) is 0 Å². The molecule has 1 fully saturated rings. The van der Waals surface area contributed by atoms with E-state index in [0.717, 1.165) is 19.6 Å². The molecule has 68 valence electrons. The van der Waals surface area contributed by atoms with Crippen molar-refractivity contribution in [2.45, 2.75) is 25.5 Å². The maximum atomic E-state index is 8.73. The van der Waals surface area contributed by atoms with E-state index in [9.17, 15) is 0 Å². The van der Waals surface area contributed by atoms with Gasteiger partial charge in [0.2, 0.25) is 0 Å². The van der Waals surface area contributed by atoms with E-state index in [-0.39, 0.29) is 25.1 Å². The van der Waals surface area contributed by atoms with Gasteiger partial charge in [0, 0.05) is 19.2 Å². The Kier molecular flexibility index (Phi) is 5.86. The van der Waals surface area contributed by atoms with Crippen LogP contribution < -0.4 is 5.32 Å². The zero-order valence-electron chi connectivity index (χ0n) is 6.75. The summed E-state index contributed by atoms with van der Waals surface area (Å²) < 4.78 is 5.36. The summed E-state index contributed by atoms with van der Waals surface area (Å²) in [6, 6.07) is 0.261. The van der Waals surface area contributed by atoms with E-state index < -0.39 is 0 Å². The van der Waals surface area contributed by atoms with Crippen LogP contribution in [0.2, 0.25) is 0 Å². The van der Waals surface area contributed by atoms with Gasteiger partial charge >= 0.3 is 0 Å². The summed E-state index contributed by atoms with van der Waals surface area (Å²) >= 11 is 0. The molecule has 1 aliphatic rings. The summed E-state index contributed by atoms with van der Waals surface area (Å²) in [6.07, 6.45) is 1.27. The number of rotatable bonds is 3. The van der Waals surface area contributed by atoms with Crippen molar-refractivity contribution < 1.29 is 9.84 Å². The Morgan fingerprint density at radius 1 is 1.64 bits per heavy atom. The van der Waals surface area contributed by atoms with Crippen molar-refractivity contribution >= 4 is 12.4 Å². The van der Waals surface area contributed by atoms with Crippen molar-refractivity contribution in [3.8, 4) is 0 Å². The van der Waals surface area contributed by atoms with Crippen molar-refractivity contribution in [3.05, 3.63) is 0 Å². The third-order valence-electron chi connectivity index (χ3n) is 1.80. The molecule has 0 unspecified atom stereocenters. The maximum absolute atomic E-state index is 8.73. The minimum atomic E-state index is 0. The lowest BCUT2D eigenvalue weighted by atomic mass is 10.2. The van der Waals surface area contributed by atoms with Crippen LogP contribution >= 0.6 is 12.4 Å². The van der Waals surface area contributed by atoms with Gasteiger partial charge in [-0.15, -0.1) is 12.4 Å². The summed E-state index contributed by atoms with van der Waals surface area (Å²) in [7, 11) is 0. The van der Waals surface area contributed by atoms with Crippen LogP contribution in [0.5, 0.6) is 0 Å². The molecular formula is C7H16ClNO2. The Morgan fingerprint density at radius 3 is 2.82 bits per heavy atom. The SMILES string of the molecule is CCO[C@H]1CN[C@@H](CO)C1.Cl. The van der Waals surface area contributed by atoms with E-state index in [1.54, 1.807) is 0 Å². The first kappa shape index (κ1) is 11.2. The minimum Gasteiger partial charge on any atom is -0.395 e. The number of halogens is 1. The van der Waals surface area contributed by atoms with Crippen LogP contribution in [0.1, 0.15) is 13.3 Å². The van der Waals surface area contributed by atoms with E-state index >= 15 is 0 Å². The average molecular weight is 182 g/mol. The molecule has 0 aromatic rings. The highest BCUT2D eigenvalue weighted by molar-refractivity contribution is 5.85. The Labute approximate surface area is 73.5 Å². The van der Waals surface area contributed by atoms with E-state index in [1.807, 2.05) is 6.92 Å². The number of nitrogens with one attached hydrogen (secondary N) is 1. The fourth-order valence-electron chi connectivity index (χ4n) is 1.28. The molecule has 0 aromatic heterocycles. The normalized spacial score (nSPS) is 30.0. The first-order valence-electron chi connectivity index (χ1n) is 3.82. The molecule has 0 bridgehead atoms. The van der Waals surface area contributed by atoms with Crippen molar-refractivity contribution in [2.24, 2.45) is 0 Å². The van der Waals surface area contributed by atoms with Crippen LogP contribution in [-0.4, -0.2) is 37.0 Å². The Balaban J connectivity index is 0.000001000. The summed E-state index contributed by atoms with van der Waals surface area (Å²) in [6.45, 7) is 3.87. The summed E-state index contributed by atoms with van der Waals surface area (Å²) in [5.41, 5.74) is 0. The second-order valence-electron chi connectivity index (χ2n) is 2.60. The first-order chi connectivity index (χ1) is 4.86. The highest BCUT2D eigenvalue weighted by Crippen LogP contribution is 2.08. The summed E-state index contributed by atoms with van der Waals surface area (Å²) in [4.78, 5) is 0. The van der Waals surface area contributed by atoms with Crippen molar-refractivity contribution in [3.63, 3.8) is 0 Å². The molecule has 2 N–H and O–H groups in total. The monoisotopic (exact) mass is 181 g/mol. The van der Waals surface area contributed by atoms with Crippen LogP contribution in [0.25, 0.3) is 0 Å². The van der Waals surface area contributed by atoms with E-state index in [4.69, 9.17) is 9.84 Å². The van der Waals surface area contributed by atoms with Gasteiger partial charge in [-0.25, -0.2) is 0 Å². The van der Waals surface area contributed by atoms with Crippen LogP contribution in [0.15, 0.2) is 0 Å². The van der Waals surface area contributed by atoms with Gasteiger partial charge in [-0.05, 0) is 13.3 Å². The molecule has 0 aromatic carbocycles. The molecule has 1 saturated heterocycles. The van der Waals surface area contributed by atoms with Crippen LogP contribution in [-0.2, 0) is 4.74 Å². The van der Waals surface area contributed by atoms with Crippen molar-refractivity contribution in [2.75, 3.05) is 19.8 Å². The molecule has 0 saturated carbocycles. The molecule has 0 amide bonds. The lowest BCUT2D eigenvalue weighted by Gasteiger charge is -2.07. The zero-order valence-corrected chi connectivity index (χ0v) is 7.56. The Morgan fingerprint density at radius 2 is 2.36 bits per heavy atom. The van der Waals surface area contributed by atoms with Gasteiger partial charge in [-0.1, -0.05) is 0 Å². The molecule has 11 heavy (non-hydrogen) atoms. The van der Waals surface area contributed by atoms with Crippen LogP contribution in [0, 0.1) is 0 Å². The summed E-state index contributed by atoms with van der Waals surface area (Å²) in [5.74, 6) is 0. The van der Waals surface area contributed by atoms with Crippen LogP contribution in [0.3, 0.4) is 0 Å². The average Bonchev–Trinajstić information content (AvgIpc) is 2.37. The molecule has 4 heteroatoms. The Hall–Kier alpha value is 0.170. The molecule has 3 nitrogen and oxygen atoms in total. The Bertz CT molecular complexity index is 102. The molecule has 0 spiro atoms. The van der Waals surface area contributed by atoms with Gasteiger partial charge < -0.3 is 15.2 Å². The second-order valence-corrected chi connectivity index (χ2v) is 2.60. The van der Waals surface area contributed by atoms with Gasteiger partial charge in [0.15, 0.2) is 0 Å². The third-order valence-corrected chi connectivity index (χ3v) is 1.80. The van der Waals surface area contributed by atoms with Gasteiger partial charge in [0.25, 0.3) is 0 Å². The fraction of sp³-hybridized carbons (Fsp3) is 1.00. The lowest BCUT2D eigenvalue weighted by molar-refractivity contribution is 0.0739. The maximum Gasteiger partial charge on any atom is 0.0715 e. The molecule has 0 aliphatic carbocycles. The number of aliphatic hydroxyl groups excluding tert-OH is 1. The van der Waals surface area contributed by atoms with Crippen molar-refractivity contribution in [1.29, 1.82) is 0 Å². The quantitative estimate of drug-likeness (QED) is 0.652.